The van der Waals surface area contributed by atoms with E-state index in [2.05, 4.69) is 10.3 Å². The number of carbonyl (C=O) groups is 1. The first kappa shape index (κ1) is 13.2. The minimum Gasteiger partial charge on any atom is -0.341 e. The Labute approximate surface area is 119 Å². The Kier molecular flexibility index (Phi) is 3.35. The molecule has 2 heterocycles. The first-order valence-electron chi connectivity index (χ1n) is 6.16. The minimum absolute atomic E-state index is 0.226. The van der Waals surface area contributed by atoms with E-state index in [1.165, 1.54) is 6.54 Å². The molecule has 6 heteroatoms. The number of aromatic nitrogens is 2. The molecule has 0 fully saturated rings. The molecule has 0 bridgehead atoms. The highest BCUT2D eigenvalue weighted by Crippen LogP contribution is 2.10. The van der Waals surface area contributed by atoms with E-state index in [-0.39, 0.29) is 5.56 Å². The maximum absolute atomic E-state index is 13.5. The molecular weight excluding hydrogens is 276 g/mol. The van der Waals surface area contributed by atoms with Gasteiger partial charge in [0.2, 0.25) is 0 Å². The Bertz CT molecular complexity index is 781. The molecule has 3 rings (SSSR count). The summed E-state index contributed by atoms with van der Waals surface area (Å²) in [5.74, 6) is -2.30. The number of imidazole rings is 1. The fraction of sp³-hybridized carbons (Fsp3) is 0. The number of nitrogens with zero attached hydrogens (tertiary/aromatic N) is 2. The van der Waals surface area contributed by atoms with Gasteiger partial charge in [-0.25, -0.2) is 13.8 Å². The van der Waals surface area contributed by atoms with Gasteiger partial charge in [0.05, 0.1) is 17.8 Å². The van der Waals surface area contributed by atoms with Gasteiger partial charge in [-0.2, -0.15) is 0 Å². The molecule has 1 N–H and O–H groups in total. The molecule has 0 aliphatic heterocycles. The summed E-state index contributed by atoms with van der Waals surface area (Å²) in [5, 5.41) is 2.43. The fourth-order valence-electron chi connectivity index (χ4n) is 1.91. The lowest BCUT2D eigenvalue weighted by Crippen LogP contribution is -2.22. The van der Waals surface area contributed by atoms with Crippen molar-refractivity contribution in [3.05, 3.63) is 78.2 Å². The fourth-order valence-corrected chi connectivity index (χ4v) is 1.91. The van der Waals surface area contributed by atoms with Crippen LogP contribution in [-0.2, 0) is 0 Å². The van der Waals surface area contributed by atoms with E-state index in [0.29, 0.717) is 11.8 Å². The van der Waals surface area contributed by atoms with Gasteiger partial charge < -0.3 is 9.72 Å². The normalized spacial score (nSPS) is 10.8. The first-order chi connectivity index (χ1) is 10.1. The van der Waals surface area contributed by atoms with Gasteiger partial charge in [0.25, 0.3) is 5.91 Å². The third-order valence-electron chi connectivity index (χ3n) is 2.91. The van der Waals surface area contributed by atoms with Crippen LogP contribution in [0.2, 0.25) is 0 Å². The Balaban J connectivity index is 1.73. The summed E-state index contributed by atoms with van der Waals surface area (Å²) < 4.78 is 28.0. The van der Waals surface area contributed by atoms with Crippen molar-refractivity contribution in [2.45, 2.75) is 0 Å². The molecule has 0 aliphatic carbocycles. The molecule has 1 amide bonds. The molecule has 0 spiro atoms. The minimum atomic E-state index is -0.907. The van der Waals surface area contributed by atoms with Crippen LogP contribution < -0.4 is 5.32 Å². The number of pyridine rings is 1. The average Bonchev–Trinajstić information content (AvgIpc) is 2.87. The summed E-state index contributed by atoms with van der Waals surface area (Å²) in [6.45, 7) is 1.37. The second-order valence-electron chi connectivity index (χ2n) is 4.37. The van der Waals surface area contributed by atoms with Gasteiger partial charge >= 0.3 is 0 Å². The molecule has 0 atom stereocenters. The van der Waals surface area contributed by atoms with Crippen molar-refractivity contribution < 1.29 is 13.6 Å². The van der Waals surface area contributed by atoms with E-state index in [4.69, 9.17) is 0 Å². The number of fused-ring (bicyclic) bond motifs is 1. The van der Waals surface area contributed by atoms with Crippen molar-refractivity contribution in [2.75, 3.05) is 0 Å². The van der Waals surface area contributed by atoms with Gasteiger partial charge in [-0.05, 0) is 24.3 Å². The first-order valence-corrected chi connectivity index (χ1v) is 6.16. The van der Waals surface area contributed by atoms with Crippen LogP contribution >= 0.6 is 0 Å². The van der Waals surface area contributed by atoms with Crippen LogP contribution in [0.1, 0.15) is 16.1 Å². The molecule has 3 aromatic rings. The van der Waals surface area contributed by atoms with E-state index in [1.807, 2.05) is 24.4 Å². The number of benzene rings is 1. The average molecular weight is 286 g/mol. The second-order valence-corrected chi connectivity index (χ2v) is 4.37. The Morgan fingerprint density at radius 3 is 2.86 bits per heavy atom. The monoisotopic (exact) mass is 286 g/mol. The molecular formula is C15H10F2N3O. The number of hydrogen-bond acceptors (Lipinski definition) is 2. The molecule has 0 saturated heterocycles. The third kappa shape index (κ3) is 2.74. The van der Waals surface area contributed by atoms with Gasteiger partial charge in [-0.1, -0.05) is 6.07 Å². The van der Waals surface area contributed by atoms with Crippen molar-refractivity contribution in [1.82, 2.24) is 14.7 Å². The summed E-state index contributed by atoms with van der Waals surface area (Å²) in [7, 11) is 0. The number of carbonyl (C=O) groups excluding carboxylic acids is 1. The van der Waals surface area contributed by atoms with Crippen LogP contribution in [-0.4, -0.2) is 15.3 Å². The molecule has 21 heavy (non-hydrogen) atoms. The zero-order valence-corrected chi connectivity index (χ0v) is 10.8. The zero-order chi connectivity index (χ0) is 14.8. The predicted molar refractivity (Wildman–Crippen MR) is 72.4 cm³/mol. The largest absolute Gasteiger partial charge is 0.341 e. The van der Waals surface area contributed by atoms with Gasteiger partial charge in [0, 0.05) is 18.5 Å². The van der Waals surface area contributed by atoms with Gasteiger partial charge in [-0.15, -0.1) is 0 Å². The lowest BCUT2D eigenvalue weighted by molar-refractivity contribution is 0.0961. The third-order valence-corrected chi connectivity index (χ3v) is 2.91. The van der Waals surface area contributed by atoms with Gasteiger partial charge in [0.15, 0.2) is 0 Å². The highest BCUT2D eigenvalue weighted by atomic mass is 19.1. The van der Waals surface area contributed by atoms with Crippen LogP contribution in [0.4, 0.5) is 8.78 Å². The summed E-state index contributed by atoms with van der Waals surface area (Å²) >= 11 is 0. The highest BCUT2D eigenvalue weighted by molar-refractivity contribution is 5.95. The number of rotatable bonds is 3. The van der Waals surface area contributed by atoms with Crippen molar-refractivity contribution in [2.24, 2.45) is 0 Å². The summed E-state index contributed by atoms with van der Waals surface area (Å²) in [4.78, 5) is 16.1. The lowest BCUT2D eigenvalue weighted by atomic mass is 10.2. The summed E-state index contributed by atoms with van der Waals surface area (Å²) in [6.07, 6.45) is 3.54. The number of amides is 1. The number of hydrogen-bond donors (Lipinski definition) is 1. The van der Waals surface area contributed by atoms with E-state index >= 15 is 0 Å². The Morgan fingerprint density at radius 1 is 1.24 bits per heavy atom. The van der Waals surface area contributed by atoms with Crippen molar-refractivity contribution in [1.29, 1.82) is 0 Å². The molecule has 0 unspecified atom stereocenters. The SMILES string of the molecule is O=C(N[CH]c1cn2ccccc2n1)c1ccc(F)cc1F. The lowest BCUT2D eigenvalue weighted by Gasteiger charge is -2.03. The Morgan fingerprint density at radius 2 is 2.10 bits per heavy atom. The van der Waals surface area contributed by atoms with E-state index in [9.17, 15) is 13.6 Å². The summed E-state index contributed by atoms with van der Waals surface area (Å²) in [5.41, 5.74) is 1.03. The number of nitrogens with one attached hydrogen (secondary N) is 1. The summed E-state index contributed by atoms with van der Waals surface area (Å²) in [6, 6.07) is 8.31. The van der Waals surface area contributed by atoms with Crippen LogP contribution in [0.15, 0.2) is 48.8 Å². The molecule has 1 aromatic carbocycles. The topological polar surface area (TPSA) is 46.4 Å². The van der Waals surface area contributed by atoms with E-state index in [0.717, 1.165) is 17.8 Å². The number of halogens is 2. The molecule has 4 nitrogen and oxygen atoms in total. The van der Waals surface area contributed by atoms with Crippen LogP contribution in [0, 0.1) is 18.2 Å². The smallest absolute Gasteiger partial charge is 0.254 e. The predicted octanol–water partition coefficient (Wildman–Crippen LogP) is 2.55. The van der Waals surface area contributed by atoms with Crippen LogP contribution in [0.3, 0.4) is 0 Å². The van der Waals surface area contributed by atoms with Crippen molar-refractivity contribution in [3.8, 4) is 0 Å². The maximum atomic E-state index is 13.5. The van der Waals surface area contributed by atoms with Crippen LogP contribution in [0.25, 0.3) is 5.65 Å². The van der Waals surface area contributed by atoms with Crippen molar-refractivity contribution >= 4 is 11.6 Å². The molecule has 105 valence electrons. The molecule has 0 saturated carbocycles. The van der Waals surface area contributed by atoms with Gasteiger partial charge in [0.1, 0.15) is 17.3 Å². The van der Waals surface area contributed by atoms with Crippen LogP contribution in [0.5, 0.6) is 0 Å². The van der Waals surface area contributed by atoms with Crippen molar-refractivity contribution in [3.63, 3.8) is 0 Å². The van der Waals surface area contributed by atoms with E-state index in [1.54, 1.807) is 10.6 Å². The molecule has 0 aliphatic rings. The molecule has 1 radical (unpaired) electrons. The van der Waals surface area contributed by atoms with Gasteiger partial charge in [-0.3, -0.25) is 4.79 Å². The second kappa shape index (κ2) is 5.32. The maximum Gasteiger partial charge on any atom is 0.254 e. The standard InChI is InChI=1S/C15H10F2N3O/c16-10-4-5-12(13(17)7-10)15(21)18-8-11-9-20-6-2-1-3-14(20)19-11/h1-9H,(H,18,21). The zero-order valence-electron chi connectivity index (χ0n) is 10.8. The Hall–Kier alpha value is -2.76. The molecule has 2 aromatic heterocycles. The van der Waals surface area contributed by atoms with E-state index < -0.39 is 17.5 Å². The highest BCUT2D eigenvalue weighted by Gasteiger charge is 2.13. The quantitative estimate of drug-likeness (QED) is 0.804.